The largest absolute Gasteiger partial charge is 0.482 e. The predicted molar refractivity (Wildman–Crippen MR) is 91.8 cm³/mol. The summed E-state index contributed by atoms with van der Waals surface area (Å²) in [6.07, 6.45) is 5.49. The molecule has 2 unspecified atom stereocenters. The second-order valence-electron chi connectivity index (χ2n) is 6.92. The molecule has 1 aromatic carbocycles. The second-order valence-corrected chi connectivity index (χ2v) is 6.92. The van der Waals surface area contributed by atoms with Crippen LogP contribution in [0.3, 0.4) is 0 Å². The van der Waals surface area contributed by atoms with Crippen molar-refractivity contribution in [1.29, 1.82) is 0 Å². The van der Waals surface area contributed by atoms with Crippen LogP contribution in [0.2, 0.25) is 0 Å². The SMILES string of the molecule is CC1CCCC(CC(=O)N(C)Cc2ccc(OCC(=O)O)cc2)C1. The highest BCUT2D eigenvalue weighted by Crippen LogP contribution is 2.31. The highest BCUT2D eigenvalue weighted by molar-refractivity contribution is 5.76. The van der Waals surface area contributed by atoms with Crippen molar-refractivity contribution in [2.24, 2.45) is 11.8 Å². The van der Waals surface area contributed by atoms with E-state index in [-0.39, 0.29) is 12.5 Å². The molecule has 2 atom stereocenters. The summed E-state index contributed by atoms with van der Waals surface area (Å²) in [5, 5.41) is 8.59. The first-order chi connectivity index (χ1) is 11.4. The zero-order valence-electron chi connectivity index (χ0n) is 14.5. The Morgan fingerprint density at radius 2 is 1.96 bits per heavy atom. The van der Waals surface area contributed by atoms with E-state index in [0.717, 1.165) is 17.9 Å². The van der Waals surface area contributed by atoms with Crippen molar-refractivity contribution in [1.82, 2.24) is 4.90 Å². The van der Waals surface area contributed by atoms with Crippen molar-refractivity contribution < 1.29 is 19.4 Å². The van der Waals surface area contributed by atoms with Crippen LogP contribution < -0.4 is 4.74 Å². The van der Waals surface area contributed by atoms with Gasteiger partial charge in [0.25, 0.3) is 0 Å². The van der Waals surface area contributed by atoms with E-state index in [0.29, 0.717) is 24.6 Å². The molecule has 24 heavy (non-hydrogen) atoms. The van der Waals surface area contributed by atoms with Crippen LogP contribution in [0.15, 0.2) is 24.3 Å². The number of carboxylic acid groups (broad SMARTS) is 1. The number of nitrogens with zero attached hydrogens (tertiary/aromatic N) is 1. The smallest absolute Gasteiger partial charge is 0.341 e. The summed E-state index contributed by atoms with van der Waals surface area (Å²) >= 11 is 0. The maximum Gasteiger partial charge on any atom is 0.341 e. The minimum absolute atomic E-state index is 0.195. The molecule has 2 rings (SSSR count). The minimum atomic E-state index is -0.999. The molecule has 1 N–H and O–H groups in total. The molecule has 1 aliphatic carbocycles. The minimum Gasteiger partial charge on any atom is -0.482 e. The molecule has 1 saturated carbocycles. The average Bonchev–Trinajstić information content (AvgIpc) is 2.54. The van der Waals surface area contributed by atoms with Gasteiger partial charge in [0.2, 0.25) is 5.91 Å². The number of benzene rings is 1. The van der Waals surface area contributed by atoms with E-state index in [9.17, 15) is 9.59 Å². The van der Waals surface area contributed by atoms with Crippen molar-refractivity contribution >= 4 is 11.9 Å². The lowest BCUT2D eigenvalue weighted by atomic mass is 9.80. The molecule has 5 heteroatoms. The van der Waals surface area contributed by atoms with Crippen LogP contribution >= 0.6 is 0 Å². The van der Waals surface area contributed by atoms with Gasteiger partial charge in [0.1, 0.15) is 5.75 Å². The Labute approximate surface area is 143 Å². The van der Waals surface area contributed by atoms with Crippen molar-refractivity contribution in [3.8, 4) is 5.75 Å². The number of aliphatic carboxylic acids is 1. The lowest BCUT2D eigenvalue weighted by molar-refractivity contribution is -0.139. The third kappa shape index (κ3) is 5.87. The van der Waals surface area contributed by atoms with Gasteiger partial charge in [0.05, 0.1) is 0 Å². The Balaban J connectivity index is 1.81. The molecule has 0 saturated heterocycles. The maximum absolute atomic E-state index is 12.4. The number of carboxylic acids is 1. The summed E-state index contributed by atoms with van der Waals surface area (Å²) in [5.41, 5.74) is 1.01. The van der Waals surface area contributed by atoms with Gasteiger partial charge in [-0.25, -0.2) is 4.79 Å². The third-order valence-corrected chi connectivity index (χ3v) is 4.64. The Kier molecular flexibility index (Phi) is 6.64. The molecular weight excluding hydrogens is 306 g/mol. The van der Waals surface area contributed by atoms with Crippen LogP contribution in [0.4, 0.5) is 0 Å². The maximum atomic E-state index is 12.4. The summed E-state index contributed by atoms with van der Waals surface area (Å²) < 4.78 is 5.11. The summed E-state index contributed by atoms with van der Waals surface area (Å²) in [4.78, 5) is 24.6. The highest BCUT2D eigenvalue weighted by atomic mass is 16.5. The number of hydrogen-bond acceptors (Lipinski definition) is 3. The van der Waals surface area contributed by atoms with E-state index in [2.05, 4.69) is 6.92 Å². The van der Waals surface area contributed by atoms with E-state index in [1.165, 1.54) is 19.3 Å². The number of ether oxygens (including phenoxy) is 1. The first kappa shape index (κ1) is 18.3. The zero-order valence-corrected chi connectivity index (χ0v) is 14.5. The molecule has 0 spiro atoms. The van der Waals surface area contributed by atoms with Gasteiger partial charge in [0, 0.05) is 20.0 Å². The summed E-state index contributed by atoms with van der Waals surface area (Å²) in [7, 11) is 1.84. The molecular formula is C19H27NO4. The van der Waals surface area contributed by atoms with Crippen LogP contribution in [0, 0.1) is 11.8 Å². The molecule has 0 aliphatic heterocycles. The van der Waals surface area contributed by atoms with Crippen LogP contribution in [0.5, 0.6) is 5.75 Å². The fourth-order valence-corrected chi connectivity index (χ4v) is 3.35. The molecule has 1 aromatic rings. The third-order valence-electron chi connectivity index (χ3n) is 4.64. The number of carbonyl (C=O) groups is 2. The Bertz CT molecular complexity index is 555. The van der Waals surface area contributed by atoms with Gasteiger partial charge in [-0.1, -0.05) is 31.9 Å². The van der Waals surface area contributed by atoms with Gasteiger partial charge in [0.15, 0.2) is 6.61 Å². The molecule has 0 radical (unpaired) electrons. The van der Waals surface area contributed by atoms with Crippen LogP contribution in [0.1, 0.15) is 44.6 Å². The van der Waals surface area contributed by atoms with Crippen LogP contribution in [-0.4, -0.2) is 35.5 Å². The van der Waals surface area contributed by atoms with Gasteiger partial charge in [-0.15, -0.1) is 0 Å². The summed E-state index contributed by atoms with van der Waals surface area (Å²) in [6, 6.07) is 7.20. The Hall–Kier alpha value is -2.04. The molecule has 0 heterocycles. The lowest BCUT2D eigenvalue weighted by Gasteiger charge is -2.28. The molecule has 1 amide bonds. The monoisotopic (exact) mass is 333 g/mol. The van der Waals surface area contributed by atoms with E-state index in [1.807, 2.05) is 19.2 Å². The quantitative estimate of drug-likeness (QED) is 0.831. The fraction of sp³-hybridized carbons (Fsp3) is 0.579. The predicted octanol–water partition coefficient (Wildman–Crippen LogP) is 3.32. The van der Waals surface area contributed by atoms with E-state index in [1.54, 1.807) is 17.0 Å². The van der Waals surface area contributed by atoms with Gasteiger partial charge in [-0.05, 0) is 42.4 Å². The van der Waals surface area contributed by atoms with Gasteiger partial charge >= 0.3 is 5.97 Å². The first-order valence-corrected chi connectivity index (χ1v) is 8.61. The molecule has 0 aromatic heterocycles. The van der Waals surface area contributed by atoms with E-state index >= 15 is 0 Å². The highest BCUT2D eigenvalue weighted by Gasteiger charge is 2.22. The first-order valence-electron chi connectivity index (χ1n) is 8.61. The normalized spacial score (nSPS) is 20.4. The van der Waals surface area contributed by atoms with Crippen molar-refractivity contribution in [3.63, 3.8) is 0 Å². The molecule has 5 nitrogen and oxygen atoms in total. The van der Waals surface area contributed by atoms with E-state index < -0.39 is 5.97 Å². The van der Waals surface area contributed by atoms with Crippen molar-refractivity contribution in [3.05, 3.63) is 29.8 Å². The lowest BCUT2D eigenvalue weighted by Crippen LogP contribution is -2.29. The molecule has 1 fully saturated rings. The number of carbonyl (C=O) groups excluding carboxylic acids is 1. The average molecular weight is 333 g/mol. The fourth-order valence-electron chi connectivity index (χ4n) is 3.35. The van der Waals surface area contributed by atoms with Gasteiger partial charge in [-0.3, -0.25) is 4.79 Å². The topological polar surface area (TPSA) is 66.8 Å². The van der Waals surface area contributed by atoms with Crippen LogP contribution in [0.25, 0.3) is 0 Å². The number of hydrogen-bond donors (Lipinski definition) is 1. The standard InChI is InChI=1S/C19H27NO4/c1-14-4-3-5-16(10-14)11-18(21)20(2)12-15-6-8-17(9-7-15)24-13-19(22)23/h6-9,14,16H,3-5,10-13H2,1-2H3,(H,22,23). The summed E-state index contributed by atoms with van der Waals surface area (Å²) in [5.74, 6) is 0.976. The number of amides is 1. The van der Waals surface area contributed by atoms with Gasteiger partial charge < -0.3 is 14.7 Å². The molecule has 0 bridgehead atoms. The second kappa shape index (κ2) is 8.71. The zero-order chi connectivity index (χ0) is 17.5. The Morgan fingerprint density at radius 1 is 1.25 bits per heavy atom. The van der Waals surface area contributed by atoms with Crippen LogP contribution in [-0.2, 0) is 16.1 Å². The number of rotatable bonds is 7. The molecule has 132 valence electrons. The van der Waals surface area contributed by atoms with Crippen molar-refractivity contribution in [2.75, 3.05) is 13.7 Å². The molecule has 1 aliphatic rings. The Morgan fingerprint density at radius 3 is 2.58 bits per heavy atom. The van der Waals surface area contributed by atoms with Gasteiger partial charge in [-0.2, -0.15) is 0 Å². The van der Waals surface area contributed by atoms with E-state index in [4.69, 9.17) is 9.84 Å². The summed E-state index contributed by atoms with van der Waals surface area (Å²) in [6.45, 7) is 2.48. The van der Waals surface area contributed by atoms with Crippen molar-refractivity contribution in [2.45, 2.75) is 45.6 Å².